The fraction of sp³-hybridized carbons (Fsp3) is 0. The summed E-state index contributed by atoms with van der Waals surface area (Å²) in [5, 5.41) is 6.00. The first-order chi connectivity index (χ1) is 4.24. The highest BCUT2D eigenvalue weighted by Crippen LogP contribution is 2.27. The second-order valence-corrected chi connectivity index (χ2v) is 4.00. The third-order valence-electron chi connectivity index (χ3n) is 0.941. The van der Waals surface area contributed by atoms with Crippen LogP contribution in [-0.2, 0) is 0 Å². The van der Waals surface area contributed by atoms with E-state index in [9.17, 15) is 0 Å². The first kappa shape index (κ1) is 6.77. The summed E-state index contributed by atoms with van der Waals surface area (Å²) in [6, 6.07) is 1.89. The SMILES string of the molecule is Nc1sc(Br)cc1C=[NH2+]. The summed E-state index contributed by atoms with van der Waals surface area (Å²) < 4.78 is 1.01. The predicted octanol–water partition coefficient (Wildman–Crippen LogP) is 0.271. The highest BCUT2D eigenvalue weighted by molar-refractivity contribution is 9.11. The summed E-state index contributed by atoms with van der Waals surface area (Å²) in [7, 11) is 0. The molecular weight excluding hydrogens is 200 g/mol. The van der Waals surface area contributed by atoms with E-state index in [0.29, 0.717) is 0 Å². The van der Waals surface area contributed by atoms with E-state index in [1.807, 2.05) is 6.07 Å². The van der Waals surface area contributed by atoms with Gasteiger partial charge in [-0.1, -0.05) is 0 Å². The van der Waals surface area contributed by atoms with E-state index in [2.05, 4.69) is 15.9 Å². The van der Waals surface area contributed by atoms with E-state index in [1.54, 1.807) is 0 Å². The molecule has 4 heteroatoms. The van der Waals surface area contributed by atoms with Gasteiger partial charge in [0, 0.05) is 0 Å². The number of thiophene rings is 1. The van der Waals surface area contributed by atoms with Crippen molar-refractivity contribution in [2.75, 3.05) is 5.73 Å². The first-order valence-corrected chi connectivity index (χ1v) is 3.94. The van der Waals surface area contributed by atoms with Crippen LogP contribution in [0.1, 0.15) is 5.56 Å². The smallest absolute Gasteiger partial charge is 0.170 e. The number of halogens is 1. The summed E-state index contributed by atoms with van der Waals surface area (Å²) in [6.45, 7) is 0. The van der Waals surface area contributed by atoms with E-state index < -0.39 is 0 Å². The molecular formula is C5H6BrN2S+. The van der Waals surface area contributed by atoms with Crippen molar-refractivity contribution >= 4 is 38.5 Å². The van der Waals surface area contributed by atoms with Crippen molar-refractivity contribution in [1.29, 1.82) is 0 Å². The van der Waals surface area contributed by atoms with Gasteiger partial charge in [0.05, 0.1) is 9.35 Å². The predicted molar refractivity (Wildman–Crippen MR) is 43.5 cm³/mol. The summed E-state index contributed by atoms with van der Waals surface area (Å²) in [5.41, 5.74) is 6.42. The summed E-state index contributed by atoms with van der Waals surface area (Å²) in [5.74, 6) is 0. The zero-order valence-electron chi connectivity index (χ0n) is 4.60. The molecule has 4 N–H and O–H groups in total. The molecule has 0 aliphatic heterocycles. The number of nitrogen functional groups attached to an aromatic ring is 1. The molecule has 0 spiro atoms. The van der Waals surface area contributed by atoms with Crippen LogP contribution in [0.2, 0.25) is 0 Å². The molecule has 9 heavy (non-hydrogen) atoms. The molecule has 0 bridgehead atoms. The van der Waals surface area contributed by atoms with E-state index in [-0.39, 0.29) is 0 Å². The van der Waals surface area contributed by atoms with E-state index in [4.69, 9.17) is 11.1 Å². The lowest BCUT2D eigenvalue weighted by Crippen LogP contribution is -2.29. The molecule has 1 rings (SSSR count). The monoisotopic (exact) mass is 205 g/mol. The van der Waals surface area contributed by atoms with Crippen molar-refractivity contribution in [2.24, 2.45) is 0 Å². The zero-order chi connectivity index (χ0) is 6.85. The number of anilines is 1. The highest BCUT2D eigenvalue weighted by atomic mass is 79.9. The first-order valence-electron chi connectivity index (χ1n) is 2.34. The summed E-state index contributed by atoms with van der Waals surface area (Å²) in [4.78, 5) is 0. The molecule has 0 saturated carbocycles. The molecule has 48 valence electrons. The van der Waals surface area contributed by atoms with Gasteiger partial charge < -0.3 is 5.73 Å². The van der Waals surface area contributed by atoms with Crippen LogP contribution in [0, 0.1) is 0 Å². The Hall–Kier alpha value is -0.350. The Bertz CT molecular complexity index is 231. The van der Waals surface area contributed by atoms with Crippen LogP contribution in [0.5, 0.6) is 0 Å². The Labute approximate surface area is 65.3 Å². The molecule has 1 heterocycles. The second-order valence-electron chi connectivity index (χ2n) is 1.54. The van der Waals surface area contributed by atoms with Gasteiger partial charge in [0.25, 0.3) is 0 Å². The van der Waals surface area contributed by atoms with Gasteiger partial charge in [-0.2, -0.15) is 0 Å². The van der Waals surface area contributed by atoms with Gasteiger partial charge in [0.2, 0.25) is 0 Å². The molecule has 0 atom stereocenters. The van der Waals surface area contributed by atoms with Gasteiger partial charge in [0.1, 0.15) is 5.00 Å². The quantitative estimate of drug-likeness (QED) is 0.636. The van der Waals surface area contributed by atoms with Crippen LogP contribution in [0.25, 0.3) is 0 Å². The molecule has 0 aliphatic rings. The van der Waals surface area contributed by atoms with Crippen LogP contribution in [-0.4, -0.2) is 6.21 Å². The largest absolute Gasteiger partial charge is 0.390 e. The van der Waals surface area contributed by atoms with Crippen molar-refractivity contribution in [3.05, 3.63) is 15.4 Å². The maximum absolute atomic E-state index is 5.53. The molecule has 0 amide bonds. The Morgan fingerprint density at radius 1 is 1.78 bits per heavy atom. The van der Waals surface area contributed by atoms with Crippen LogP contribution in [0.4, 0.5) is 5.00 Å². The lowest BCUT2D eigenvalue weighted by atomic mass is 10.3. The van der Waals surface area contributed by atoms with Gasteiger partial charge in [-0.15, -0.1) is 11.3 Å². The summed E-state index contributed by atoms with van der Waals surface area (Å²) in [6.07, 6.45) is 1.50. The lowest BCUT2D eigenvalue weighted by molar-refractivity contribution is -0.104. The van der Waals surface area contributed by atoms with Gasteiger partial charge in [-0.3, -0.25) is 5.41 Å². The Morgan fingerprint density at radius 2 is 2.44 bits per heavy atom. The fourth-order valence-corrected chi connectivity index (χ4v) is 1.93. The van der Waals surface area contributed by atoms with Crippen molar-refractivity contribution in [2.45, 2.75) is 0 Å². The highest BCUT2D eigenvalue weighted by Gasteiger charge is 2.01. The summed E-state index contributed by atoms with van der Waals surface area (Å²) >= 11 is 4.76. The average Bonchev–Trinajstić information content (AvgIpc) is 2.10. The number of hydrogen-bond donors (Lipinski definition) is 2. The van der Waals surface area contributed by atoms with Crippen molar-refractivity contribution < 1.29 is 5.41 Å². The average molecular weight is 206 g/mol. The van der Waals surface area contributed by atoms with Crippen molar-refractivity contribution in [3.63, 3.8) is 0 Å². The minimum atomic E-state index is 0.754. The second kappa shape index (κ2) is 2.49. The number of nitrogens with two attached hydrogens (primary N) is 2. The van der Waals surface area contributed by atoms with Gasteiger partial charge >= 0.3 is 0 Å². The van der Waals surface area contributed by atoms with Crippen LogP contribution < -0.4 is 11.1 Å². The molecule has 0 unspecified atom stereocenters. The molecule has 0 radical (unpaired) electrons. The molecule has 0 saturated heterocycles. The maximum Gasteiger partial charge on any atom is 0.170 e. The minimum absolute atomic E-state index is 0.754. The molecule has 1 aromatic heterocycles. The molecule has 0 aromatic carbocycles. The maximum atomic E-state index is 5.53. The molecule has 1 aromatic rings. The van der Waals surface area contributed by atoms with Gasteiger partial charge in [0.15, 0.2) is 6.21 Å². The Morgan fingerprint density at radius 3 is 2.67 bits per heavy atom. The van der Waals surface area contributed by atoms with E-state index >= 15 is 0 Å². The minimum Gasteiger partial charge on any atom is -0.390 e. The zero-order valence-corrected chi connectivity index (χ0v) is 7.00. The van der Waals surface area contributed by atoms with Crippen LogP contribution in [0.3, 0.4) is 0 Å². The van der Waals surface area contributed by atoms with Gasteiger partial charge in [-0.25, -0.2) is 0 Å². The van der Waals surface area contributed by atoms with Crippen LogP contribution in [0.15, 0.2) is 9.85 Å². The normalized spacial score (nSPS) is 9.44. The van der Waals surface area contributed by atoms with E-state index in [1.165, 1.54) is 17.6 Å². The lowest BCUT2D eigenvalue weighted by Gasteiger charge is -1.79. The number of rotatable bonds is 1. The van der Waals surface area contributed by atoms with E-state index in [0.717, 1.165) is 14.4 Å². The third kappa shape index (κ3) is 1.31. The van der Waals surface area contributed by atoms with Crippen LogP contribution >= 0.6 is 27.3 Å². The van der Waals surface area contributed by atoms with Crippen molar-refractivity contribution in [3.8, 4) is 0 Å². The fourth-order valence-electron chi connectivity index (χ4n) is 0.517. The molecule has 0 aliphatic carbocycles. The molecule has 0 fully saturated rings. The topological polar surface area (TPSA) is 51.6 Å². The van der Waals surface area contributed by atoms with Gasteiger partial charge in [-0.05, 0) is 22.0 Å². The Kier molecular flexibility index (Phi) is 1.87. The number of hydrogen-bond acceptors (Lipinski definition) is 2. The molecule has 2 nitrogen and oxygen atoms in total. The van der Waals surface area contributed by atoms with Crippen molar-refractivity contribution in [1.82, 2.24) is 0 Å². The standard InChI is InChI=1S/C5H5BrN2S/c6-4-1-3(2-7)5(8)9-4/h1-2,7H,8H2/p+1. The Balaban J connectivity index is 3.15. The third-order valence-corrected chi connectivity index (χ3v) is 2.42.